The van der Waals surface area contributed by atoms with Crippen molar-refractivity contribution in [1.29, 1.82) is 0 Å². The highest BCUT2D eigenvalue weighted by Crippen LogP contribution is 1.74. The molecule has 0 rings (SSSR count). The summed E-state index contributed by atoms with van der Waals surface area (Å²) in [5.74, 6) is 0. The number of allylic oxidation sites excluding steroid dienone is 5. The van der Waals surface area contributed by atoms with Crippen LogP contribution in [0.5, 0.6) is 0 Å². The summed E-state index contributed by atoms with van der Waals surface area (Å²) in [6.07, 6.45) is 10.8. The van der Waals surface area contributed by atoms with Crippen molar-refractivity contribution in [3.8, 4) is 0 Å². The second kappa shape index (κ2) is 41.4. The monoisotopic (exact) mass is 204 g/mol. The summed E-state index contributed by atoms with van der Waals surface area (Å²) in [5.41, 5.74) is 0. The van der Waals surface area contributed by atoms with Crippen LogP contribution in [0.15, 0.2) is 37.0 Å². The molecule has 0 heterocycles. The van der Waals surface area contributed by atoms with Gasteiger partial charge in [0.25, 0.3) is 0 Å². The van der Waals surface area contributed by atoms with Gasteiger partial charge < -0.3 is 0 Å². The van der Waals surface area contributed by atoms with Gasteiger partial charge in [0.15, 0.2) is 0 Å². The van der Waals surface area contributed by atoms with Crippen molar-refractivity contribution in [1.82, 2.24) is 0 Å². The molecule has 0 aromatic heterocycles. The molecule has 0 aromatic rings. The SMILES string of the molecule is C.C.C=C/C=C/C=C/C.CCC.P. The highest BCUT2D eigenvalue weighted by Gasteiger charge is 1.52. The molecule has 0 aliphatic rings. The minimum absolute atomic E-state index is 0. The van der Waals surface area contributed by atoms with Crippen LogP contribution < -0.4 is 0 Å². The van der Waals surface area contributed by atoms with E-state index in [9.17, 15) is 0 Å². The lowest BCUT2D eigenvalue weighted by molar-refractivity contribution is 1.09. The van der Waals surface area contributed by atoms with Crippen molar-refractivity contribution in [2.24, 2.45) is 0 Å². The number of rotatable bonds is 2. The van der Waals surface area contributed by atoms with Crippen LogP contribution in [-0.2, 0) is 0 Å². The Kier molecular flexibility index (Phi) is 93.4. The maximum atomic E-state index is 3.51. The van der Waals surface area contributed by atoms with E-state index in [1.165, 1.54) is 6.42 Å². The topological polar surface area (TPSA) is 0 Å². The normalized spacial score (nSPS) is 7.31. The van der Waals surface area contributed by atoms with Crippen molar-refractivity contribution in [3.63, 3.8) is 0 Å². The third-order valence-corrected chi connectivity index (χ3v) is 0.551. The summed E-state index contributed by atoms with van der Waals surface area (Å²) < 4.78 is 0. The zero-order valence-corrected chi connectivity index (χ0v) is 9.42. The molecule has 0 aromatic carbocycles. The fraction of sp³-hybridized carbons (Fsp3) is 0.500. The van der Waals surface area contributed by atoms with Crippen molar-refractivity contribution >= 4 is 9.90 Å². The van der Waals surface area contributed by atoms with E-state index >= 15 is 0 Å². The number of hydrogen-bond acceptors (Lipinski definition) is 0. The van der Waals surface area contributed by atoms with E-state index in [0.717, 1.165) is 0 Å². The van der Waals surface area contributed by atoms with Crippen molar-refractivity contribution in [2.45, 2.75) is 42.0 Å². The summed E-state index contributed by atoms with van der Waals surface area (Å²) in [5, 5.41) is 0. The van der Waals surface area contributed by atoms with Crippen molar-refractivity contribution < 1.29 is 0 Å². The fourth-order valence-corrected chi connectivity index (χ4v) is 0.254. The molecule has 0 nitrogen and oxygen atoms in total. The summed E-state index contributed by atoms with van der Waals surface area (Å²) in [6.45, 7) is 9.74. The van der Waals surface area contributed by atoms with Crippen LogP contribution in [0.4, 0.5) is 0 Å². The lowest BCUT2D eigenvalue weighted by Crippen LogP contribution is -1.43. The van der Waals surface area contributed by atoms with E-state index in [2.05, 4.69) is 20.4 Å². The average Bonchev–Trinajstić information content (AvgIpc) is 1.91. The summed E-state index contributed by atoms with van der Waals surface area (Å²) in [4.78, 5) is 0. The fourth-order valence-electron chi connectivity index (χ4n) is 0.254. The first-order valence-corrected chi connectivity index (χ1v) is 3.73. The minimum Gasteiger partial charge on any atom is -0.153 e. The quantitative estimate of drug-likeness (QED) is 0.436. The average molecular weight is 204 g/mol. The third-order valence-electron chi connectivity index (χ3n) is 0.551. The van der Waals surface area contributed by atoms with Gasteiger partial charge in [-0.2, -0.15) is 9.90 Å². The minimum atomic E-state index is 0. The Hall–Kier alpha value is -0.350. The molecule has 1 heteroatoms. The summed E-state index contributed by atoms with van der Waals surface area (Å²) in [6, 6.07) is 0. The van der Waals surface area contributed by atoms with Gasteiger partial charge in [-0.1, -0.05) is 72.1 Å². The van der Waals surface area contributed by atoms with Crippen LogP contribution in [0.1, 0.15) is 42.0 Å². The second-order valence-electron chi connectivity index (χ2n) is 1.85. The molecule has 0 spiro atoms. The van der Waals surface area contributed by atoms with Gasteiger partial charge in [-0.25, -0.2) is 0 Å². The molecule has 0 aliphatic carbocycles. The molecule has 0 saturated heterocycles. The molecule has 82 valence electrons. The molecule has 0 fully saturated rings. The van der Waals surface area contributed by atoms with Crippen LogP contribution in [0.2, 0.25) is 0 Å². The highest BCUT2D eigenvalue weighted by atomic mass is 31.0. The molecular formula is C12H29P. The molecule has 1 unspecified atom stereocenters. The predicted molar refractivity (Wildman–Crippen MR) is 74.7 cm³/mol. The Morgan fingerprint density at radius 2 is 1.38 bits per heavy atom. The van der Waals surface area contributed by atoms with Gasteiger partial charge in [-0.05, 0) is 6.92 Å². The van der Waals surface area contributed by atoms with Gasteiger partial charge in [0.05, 0.1) is 0 Å². The van der Waals surface area contributed by atoms with E-state index in [-0.39, 0.29) is 24.8 Å². The highest BCUT2D eigenvalue weighted by molar-refractivity contribution is 6.92. The Bertz CT molecular complexity index is 102. The van der Waals surface area contributed by atoms with Crippen LogP contribution in [0.3, 0.4) is 0 Å². The van der Waals surface area contributed by atoms with Crippen molar-refractivity contribution in [2.75, 3.05) is 0 Å². The maximum absolute atomic E-state index is 3.51. The van der Waals surface area contributed by atoms with E-state index in [0.29, 0.717) is 0 Å². The molecule has 0 aliphatic heterocycles. The van der Waals surface area contributed by atoms with Gasteiger partial charge in [-0.3, -0.25) is 0 Å². The van der Waals surface area contributed by atoms with Gasteiger partial charge in [0, 0.05) is 0 Å². The first kappa shape index (κ1) is 29.3. The smallest absolute Gasteiger partial charge is 0.0467 e. The Morgan fingerprint density at radius 1 is 1.00 bits per heavy atom. The second-order valence-corrected chi connectivity index (χ2v) is 1.85. The molecule has 0 N–H and O–H groups in total. The first-order valence-electron chi connectivity index (χ1n) is 3.73. The Balaban J connectivity index is -0.0000000320. The molecule has 0 saturated carbocycles. The largest absolute Gasteiger partial charge is 0.153 e. The van der Waals surface area contributed by atoms with Gasteiger partial charge in [0.1, 0.15) is 0 Å². The van der Waals surface area contributed by atoms with E-state index in [4.69, 9.17) is 0 Å². The Labute approximate surface area is 89.5 Å². The zero-order valence-electron chi connectivity index (χ0n) is 8.01. The molecule has 0 radical (unpaired) electrons. The summed E-state index contributed by atoms with van der Waals surface area (Å²) >= 11 is 0. The predicted octanol–water partition coefficient (Wildman–Crippen LogP) is 5.05. The lowest BCUT2D eigenvalue weighted by Gasteiger charge is -1.65. The third kappa shape index (κ3) is 81.4. The first-order chi connectivity index (χ1) is 4.83. The van der Waals surface area contributed by atoms with E-state index in [1.807, 2.05) is 31.2 Å². The number of hydrogen-bond donors (Lipinski definition) is 0. The van der Waals surface area contributed by atoms with Gasteiger partial charge in [-0.15, -0.1) is 0 Å². The Morgan fingerprint density at radius 3 is 1.62 bits per heavy atom. The van der Waals surface area contributed by atoms with E-state index < -0.39 is 0 Å². The van der Waals surface area contributed by atoms with Crippen LogP contribution in [0, 0.1) is 0 Å². The van der Waals surface area contributed by atoms with Crippen LogP contribution >= 0.6 is 9.90 Å². The van der Waals surface area contributed by atoms with Crippen molar-refractivity contribution in [3.05, 3.63) is 37.0 Å². The molecule has 13 heavy (non-hydrogen) atoms. The van der Waals surface area contributed by atoms with Gasteiger partial charge >= 0.3 is 0 Å². The molecule has 0 amide bonds. The zero-order chi connectivity index (χ0) is 8.24. The van der Waals surface area contributed by atoms with Gasteiger partial charge in [0.2, 0.25) is 0 Å². The van der Waals surface area contributed by atoms with Crippen LogP contribution in [0.25, 0.3) is 0 Å². The molecule has 1 atom stereocenters. The standard InChI is InChI=1S/C7H10.C3H8.2CH4.H3P/c1-3-5-7-6-4-2;1-3-2;;;/h3-7H,1H2,2H3;3H2,1-2H3;2*1H4;1H3/b6-4+,7-5+;;;;. The van der Waals surface area contributed by atoms with Crippen LogP contribution in [-0.4, -0.2) is 0 Å². The maximum Gasteiger partial charge on any atom is -0.0467 e. The summed E-state index contributed by atoms with van der Waals surface area (Å²) in [7, 11) is 0. The van der Waals surface area contributed by atoms with E-state index in [1.54, 1.807) is 6.08 Å². The lowest BCUT2D eigenvalue weighted by atomic mass is 10.4. The molecule has 0 bridgehead atoms. The molecular weight excluding hydrogens is 175 g/mol.